The van der Waals surface area contributed by atoms with Crippen molar-refractivity contribution in [3.63, 3.8) is 0 Å². The Morgan fingerprint density at radius 1 is 1.13 bits per heavy atom. The molecule has 0 bridgehead atoms. The van der Waals surface area contributed by atoms with Gasteiger partial charge >= 0.3 is 0 Å². The Hall–Kier alpha value is -2.62. The van der Waals surface area contributed by atoms with E-state index in [0.29, 0.717) is 5.52 Å². The van der Waals surface area contributed by atoms with Gasteiger partial charge in [0.05, 0.1) is 64.4 Å². The molecule has 3 aliphatic heterocycles. The Bertz CT molecular complexity index is 1460. The van der Waals surface area contributed by atoms with Gasteiger partial charge in [0.2, 0.25) is 5.88 Å². The number of ether oxygens (including phenoxy) is 5. The maximum Gasteiger partial charge on any atom is 0.296 e. The van der Waals surface area contributed by atoms with E-state index in [-0.39, 0.29) is 71.7 Å². The minimum Gasteiger partial charge on any atom is -0.471 e. The smallest absolute Gasteiger partial charge is 0.296 e. The van der Waals surface area contributed by atoms with Gasteiger partial charge in [-0.1, -0.05) is 11.6 Å². The predicted molar refractivity (Wildman–Crippen MR) is 130 cm³/mol. The first kappa shape index (κ1) is 25.6. The number of hydrogen-bond acceptors (Lipinski definition) is 10. The highest BCUT2D eigenvalue weighted by molar-refractivity contribution is 7.93. The number of nitrogens with zero attached hydrogens (tertiary/aromatic N) is 3. The van der Waals surface area contributed by atoms with Crippen molar-refractivity contribution in [2.75, 3.05) is 37.9 Å². The Balaban J connectivity index is 1.17. The monoisotopic (exact) mass is 572 g/mol. The zero-order chi connectivity index (χ0) is 26.4. The highest BCUT2D eigenvalue weighted by Gasteiger charge is 2.48. The van der Waals surface area contributed by atoms with Crippen LogP contribution in [0.5, 0.6) is 11.9 Å². The number of benzene rings is 1. The zero-order valence-corrected chi connectivity index (χ0v) is 21.3. The van der Waals surface area contributed by atoms with Crippen LogP contribution < -0.4 is 9.47 Å². The second kappa shape index (κ2) is 10.2. The fourth-order valence-electron chi connectivity index (χ4n) is 4.51. The minimum atomic E-state index is -2.62. The SMILES string of the molecule is O=S1(=Nc2cc(F)c(COc3nc4nc(O[C@@H]5CO[C@H]6[C@@H]5OC[C@H]6O)[nH]c4cc3Cl)c(F)c2)CCOCC1. The van der Waals surface area contributed by atoms with Crippen molar-refractivity contribution >= 4 is 38.2 Å². The van der Waals surface area contributed by atoms with Gasteiger partial charge in [-0.3, -0.25) is 0 Å². The van der Waals surface area contributed by atoms with Gasteiger partial charge in [0.25, 0.3) is 6.01 Å². The summed E-state index contributed by atoms with van der Waals surface area (Å²) in [6, 6.07) is 3.68. The first-order chi connectivity index (χ1) is 18.3. The second-order valence-corrected chi connectivity index (χ2v) is 12.0. The lowest BCUT2D eigenvalue weighted by Gasteiger charge is -2.16. The largest absolute Gasteiger partial charge is 0.471 e. The average Bonchev–Trinajstić information content (AvgIpc) is 3.55. The third-order valence-corrected chi connectivity index (χ3v) is 8.89. The van der Waals surface area contributed by atoms with Crippen molar-refractivity contribution in [1.82, 2.24) is 15.0 Å². The van der Waals surface area contributed by atoms with Crippen LogP contribution in [0.4, 0.5) is 14.5 Å². The number of H-pyrrole nitrogens is 1. The van der Waals surface area contributed by atoms with Gasteiger partial charge in [-0.25, -0.2) is 13.0 Å². The third-order valence-electron chi connectivity index (χ3n) is 6.46. The number of aromatic nitrogens is 3. The molecule has 5 heterocycles. The van der Waals surface area contributed by atoms with E-state index in [9.17, 15) is 18.1 Å². The van der Waals surface area contributed by atoms with Crippen LogP contribution in [0.1, 0.15) is 5.56 Å². The summed E-state index contributed by atoms with van der Waals surface area (Å²) in [6.07, 6.45) is -2.06. The molecule has 6 rings (SSSR count). The molecule has 15 heteroatoms. The van der Waals surface area contributed by atoms with Gasteiger partial charge in [0.1, 0.15) is 41.6 Å². The molecule has 2 aromatic heterocycles. The Morgan fingerprint density at radius 3 is 2.63 bits per heavy atom. The van der Waals surface area contributed by atoms with Gasteiger partial charge < -0.3 is 33.8 Å². The van der Waals surface area contributed by atoms with Crippen LogP contribution in [0.25, 0.3) is 11.2 Å². The molecule has 3 aliphatic rings. The van der Waals surface area contributed by atoms with E-state index >= 15 is 0 Å². The number of halogens is 3. The van der Waals surface area contributed by atoms with E-state index in [1.165, 1.54) is 6.07 Å². The molecule has 204 valence electrons. The van der Waals surface area contributed by atoms with E-state index in [1.54, 1.807) is 0 Å². The van der Waals surface area contributed by atoms with Crippen molar-refractivity contribution in [3.05, 3.63) is 40.4 Å². The van der Waals surface area contributed by atoms with Crippen molar-refractivity contribution in [2.45, 2.75) is 31.0 Å². The summed E-state index contributed by atoms with van der Waals surface area (Å²) >= 11 is 6.28. The number of hydrogen-bond donors (Lipinski definition) is 2. The molecule has 38 heavy (non-hydrogen) atoms. The van der Waals surface area contributed by atoms with Crippen LogP contribution in [0, 0.1) is 11.6 Å². The first-order valence-electron chi connectivity index (χ1n) is 11.8. The Kier molecular flexibility index (Phi) is 6.86. The van der Waals surface area contributed by atoms with Gasteiger partial charge in [0, 0.05) is 12.1 Å². The van der Waals surface area contributed by atoms with Gasteiger partial charge in [0.15, 0.2) is 11.8 Å². The molecule has 3 aromatic rings. The maximum atomic E-state index is 14.7. The Labute approximate surface area is 220 Å². The Morgan fingerprint density at radius 2 is 1.87 bits per heavy atom. The molecule has 0 saturated carbocycles. The molecule has 0 spiro atoms. The number of pyridine rings is 1. The number of aliphatic hydroxyl groups is 1. The molecule has 1 aromatic carbocycles. The maximum absolute atomic E-state index is 14.7. The highest BCUT2D eigenvalue weighted by atomic mass is 35.5. The predicted octanol–water partition coefficient (Wildman–Crippen LogP) is 2.50. The molecule has 3 saturated heterocycles. The van der Waals surface area contributed by atoms with E-state index in [4.69, 9.17) is 35.3 Å². The van der Waals surface area contributed by atoms with Gasteiger partial charge in [-0.05, 0) is 6.07 Å². The molecule has 11 nitrogen and oxygen atoms in total. The standard InChI is InChI=1S/C23H23ClF2N4O7S/c24-13-7-16-21(29-23(27-16)37-18-10-35-19-17(31)9-34-20(18)19)28-22(13)36-8-12-14(25)5-11(6-15(12)26)30-38(32)3-1-33-2-4-38/h5-7,17-20,31H,1-4,8-10H2,(H,27,28,29)/t17-,18-,19-,20-/m1/s1. The summed E-state index contributed by atoms with van der Waals surface area (Å²) in [6.45, 7) is 0.461. The topological polar surface area (TPSA) is 137 Å². The van der Waals surface area contributed by atoms with Crippen molar-refractivity contribution in [3.8, 4) is 11.9 Å². The molecule has 0 unspecified atom stereocenters. The van der Waals surface area contributed by atoms with Crippen LogP contribution >= 0.6 is 11.6 Å². The molecule has 4 atom stereocenters. The summed E-state index contributed by atoms with van der Waals surface area (Å²) in [7, 11) is -2.62. The van der Waals surface area contributed by atoms with Crippen LogP contribution in [0.3, 0.4) is 0 Å². The number of aliphatic hydroxyl groups excluding tert-OH is 1. The first-order valence-corrected chi connectivity index (χ1v) is 14.1. The van der Waals surface area contributed by atoms with Crippen molar-refractivity contribution in [1.29, 1.82) is 0 Å². The molecule has 0 radical (unpaired) electrons. The molecular formula is C23H23ClF2N4O7S. The highest BCUT2D eigenvalue weighted by Crippen LogP contribution is 2.32. The van der Waals surface area contributed by atoms with E-state index in [2.05, 4.69) is 19.3 Å². The van der Waals surface area contributed by atoms with E-state index in [0.717, 1.165) is 12.1 Å². The summed E-state index contributed by atoms with van der Waals surface area (Å²) in [4.78, 5) is 11.5. The normalized spacial score (nSPS) is 26.4. The zero-order valence-electron chi connectivity index (χ0n) is 19.8. The summed E-state index contributed by atoms with van der Waals surface area (Å²) < 4.78 is 73.9. The van der Waals surface area contributed by atoms with Crippen molar-refractivity contribution in [2.24, 2.45) is 4.36 Å². The van der Waals surface area contributed by atoms with Crippen LogP contribution in [-0.2, 0) is 30.5 Å². The number of nitrogens with one attached hydrogen (secondary N) is 1. The molecular weight excluding hydrogens is 550 g/mol. The van der Waals surface area contributed by atoms with Gasteiger partial charge in [-0.15, -0.1) is 0 Å². The van der Waals surface area contributed by atoms with Crippen LogP contribution in [0.2, 0.25) is 5.02 Å². The summed E-state index contributed by atoms with van der Waals surface area (Å²) in [5.74, 6) is -1.47. The van der Waals surface area contributed by atoms with E-state index in [1.807, 2.05) is 0 Å². The lowest BCUT2D eigenvalue weighted by molar-refractivity contribution is 0.00706. The summed E-state index contributed by atoms with van der Waals surface area (Å²) in [5, 5.41) is 9.97. The van der Waals surface area contributed by atoms with Crippen LogP contribution in [-0.4, -0.2) is 86.6 Å². The number of fused-ring (bicyclic) bond motifs is 2. The average molecular weight is 573 g/mol. The van der Waals surface area contributed by atoms with Gasteiger partial charge in [-0.2, -0.15) is 14.3 Å². The summed E-state index contributed by atoms with van der Waals surface area (Å²) in [5.41, 5.74) is 0.251. The fourth-order valence-corrected chi connectivity index (χ4v) is 6.35. The second-order valence-electron chi connectivity index (χ2n) is 9.07. The van der Waals surface area contributed by atoms with Crippen molar-refractivity contribution < 1.29 is 41.8 Å². The lowest BCUT2D eigenvalue weighted by Crippen LogP contribution is -2.34. The lowest BCUT2D eigenvalue weighted by atomic mass is 10.1. The number of aromatic amines is 1. The third kappa shape index (κ3) is 5.03. The number of rotatable bonds is 6. The molecule has 3 fully saturated rings. The van der Waals surface area contributed by atoms with E-state index < -0.39 is 52.4 Å². The molecule has 0 aliphatic carbocycles. The van der Waals surface area contributed by atoms with Crippen LogP contribution in [0.15, 0.2) is 22.6 Å². The fraction of sp³-hybridized carbons (Fsp3) is 0.478. The molecule has 2 N–H and O–H groups in total. The minimum absolute atomic E-state index is 0.0474. The molecule has 0 amide bonds. The number of imidazole rings is 1. The quantitative estimate of drug-likeness (QED) is 0.456.